The molecule has 0 fully saturated rings. The van der Waals surface area contributed by atoms with Gasteiger partial charge in [0.1, 0.15) is 5.75 Å². The van der Waals surface area contributed by atoms with Gasteiger partial charge in [-0.3, -0.25) is 4.79 Å². The van der Waals surface area contributed by atoms with Gasteiger partial charge in [0.25, 0.3) is 5.91 Å². The van der Waals surface area contributed by atoms with Crippen LogP contribution in [0.2, 0.25) is 0 Å². The SMILES string of the molecule is O=C1NCOc2c1cccc2-c1ccccc1. The Balaban J connectivity index is 2.19. The molecule has 2 aromatic carbocycles. The normalized spacial score (nSPS) is 13.5. The van der Waals surface area contributed by atoms with Crippen molar-refractivity contribution < 1.29 is 9.53 Å². The molecular weight excluding hydrogens is 214 g/mol. The van der Waals surface area contributed by atoms with Crippen LogP contribution in [0.1, 0.15) is 10.4 Å². The topological polar surface area (TPSA) is 38.3 Å². The largest absolute Gasteiger partial charge is 0.472 e. The summed E-state index contributed by atoms with van der Waals surface area (Å²) in [6.45, 7) is 0.232. The molecule has 0 bridgehead atoms. The van der Waals surface area contributed by atoms with E-state index in [0.717, 1.165) is 11.1 Å². The lowest BCUT2D eigenvalue weighted by Crippen LogP contribution is -2.33. The van der Waals surface area contributed by atoms with E-state index < -0.39 is 0 Å². The van der Waals surface area contributed by atoms with E-state index in [0.29, 0.717) is 11.3 Å². The summed E-state index contributed by atoms with van der Waals surface area (Å²) in [5.74, 6) is 0.589. The van der Waals surface area contributed by atoms with Crippen LogP contribution in [-0.4, -0.2) is 12.6 Å². The minimum absolute atomic E-state index is 0.0796. The van der Waals surface area contributed by atoms with Crippen LogP contribution < -0.4 is 10.1 Å². The fourth-order valence-electron chi connectivity index (χ4n) is 1.99. The van der Waals surface area contributed by atoms with Crippen molar-refractivity contribution >= 4 is 5.91 Å². The molecule has 3 heteroatoms. The average Bonchev–Trinajstić information content (AvgIpc) is 2.40. The van der Waals surface area contributed by atoms with Crippen LogP contribution in [0.3, 0.4) is 0 Å². The molecule has 1 aliphatic rings. The summed E-state index contributed by atoms with van der Waals surface area (Å²) < 4.78 is 5.55. The molecule has 0 unspecified atom stereocenters. The Morgan fingerprint density at radius 1 is 0.941 bits per heavy atom. The van der Waals surface area contributed by atoms with Crippen molar-refractivity contribution in [2.45, 2.75) is 0 Å². The Bertz CT molecular complexity index is 564. The first kappa shape index (κ1) is 9.90. The monoisotopic (exact) mass is 225 g/mol. The molecule has 0 saturated heterocycles. The third-order valence-electron chi connectivity index (χ3n) is 2.79. The van der Waals surface area contributed by atoms with Gasteiger partial charge in [0.15, 0.2) is 6.73 Å². The highest BCUT2D eigenvalue weighted by Crippen LogP contribution is 2.34. The summed E-state index contributed by atoms with van der Waals surface area (Å²) in [7, 11) is 0. The summed E-state index contributed by atoms with van der Waals surface area (Å²) >= 11 is 0. The first-order valence-electron chi connectivity index (χ1n) is 5.46. The molecule has 1 aliphatic heterocycles. The number of hydrogen-bond donors (Lipinski definition) is 1. The van der Waals surface area contributed by atoms with E-state index in [-0.39, 0.29) is 12.6 Å². The fourth-order valence-corrected chi connectivity index (χ4v) is 1.99. The lowest BCUT2D eigenvalue weighted by Gasteiger charge is -2.20. The van der Waals surface area contributed by atoms with Gasteiger partial charge in [0, 0.05) is 5.56 Å². The van der Waals surface area contributed by atoms with Crippen molar-refractivity contribution in [2.24, 2.45) is 0 Å². The number of benzene rings is 2. The first-order valence-corrected chi connectivity index (χ1v) is 5.46. The molecule has 84 valence electrons. The molecule has 1 N–H and O–H groups in total. The molecule has 2 aromatic rings. The summed E-state index contributed by atoms with van der Waals surface area (Å²) in [5.41, 5.74) is 2.61. The highest BCUT2D eigenvalue weighted by atomic mass is 16.5. The second-order valence-electron chi connectivity index (χ2n) is 3.84. The Morgan fingerprint density at radius 3 is 2.53 bits per heavy atom. The molecule has 0 saturated carbocycles. The number of rotatable bonds is 1. The summed E-state index contributed by atoms with van der Waals surface area (Å²) in [6, 6.07) is 15.5. The molecule has 0 spiro atoms. The van der Waals surface area contributed by atoms with Gasteiger partial charge < -0.3 is 10.1 Å². The fraction of sp³-hybridized carbons (Fsp3) is 0.0714. The van der Waals surface area contributed by atoms with Crippen LogP contribution in [0.5, 0.6) is 5.75 Å². The number of hydrogen-bond acceptors (Lipinski definition) is 2. The smallest absolute Gasteiger partial charge is 0.257 e. The lowest BCUT2D eigenvalue weighted by molar-refractivity contribution is 0.0884. The van der Waals surface area contributed by atoms with Crippen LogP contribution in [0.15, 0.2) is 48.5 Å². The maximum atomic E-state index is 11.7. The maximum Gasteiger partial charge on any atom is 0.257 e. The molecule has 1 heterocycles. The van der Waals surface area contributed by atoms with Gasteiger partial charge in [-0.05, 0) is 11.6 Å². The molecule has 0 aliphatic carbocycles. The quantitative estimate of drug-likeness (QED) is 0.809. The van der Waals surface area contributed by atoms with Gasteiger partial charge in [0.2, 0.25) is 0 Å². The number of para-hydroxylation sites is 1. The Labute approximate surface area is 99.0 Å². The van der Waals surface area contributed by atoms with E-state index in [1.165, 1.54) is 0 Å². The Kier molecular flexibility index (Phi) is 2.29. The van der Waals surface area contributed by atoms with Crippen LogP contribution in [0.25, 0.3) is 11.1 Å². The highest BCUT2D eigenvalue weighted by molar-refractivity contribution is 6.00. The lowest BCUT2D eigenvalue weighted by atomic mass is 10.0. The third-order valence-corrected chi connectivity index (χ3v) is 2.79. The predicted molar refractivity (Wildman–Crippen MR) is 64.8 cm³/mol. The van der Waals surface area contributed by atoms with Gasteiger partial charge >= 0.3 is 0 Å². The van der Waals surface area contributed by atoms with Crippen LogP contribution >= 0.6 is 0 Å². The predicted octanol–water partition coefficient (Wildman–Crippen LogP) is 2.43. The average molecular weight is 225 g/mol. The van der Waals surface area contributed by atoms with E-state index in [9.17, 15) is 4.79 Å². The van der Waals surface area contributed by atoms with Crippen molar-refractivity contribution in [1.82, 2.24) is 5.32 Å². The van der Waals surface area contributed by atoms with Crippen LogP contribution in [-0.2, 0) is 0 Å². The van der Waals surface area contributed by atoms with Gasteiger partial charge in [-0.15, -0.1) is 0 Å². The number of fused-ring (bicyclic) bond motifs is 1. The molecule has 3 rings (SSSR count). The zero-order valence-corrected chi connectivity index (χ0v) is 9.14. The second kappa shape index (κ2) is 3.94. The Morgan fingerprint density at radius 2 is 1.71 bits per heavy atom. The molecule has 1 amide bonds. The van der Waals surface area contributed by atoms with Crippen molar-refractivity contribution in [3.63, 3.8) is 0 Å². The summed E-state index contributed by atoms with van der Waals surface area (Å²) in [6.07, 6.45) is 0. The van der Waals surface area contributed by atoms with Crippen LogP contribution in [0.4, 0.5) is 0 Å². The maximum absolute atomic E-state index is 11.7. The van der Waals surface area contributed by atoms with E-state index in [4.69, 9.17) is 4.74 Å². The molecular formula is C14H11NO2. The van der Waals surface area contributed by atoms with Crippen molar-refractivity contribution in [3.05, 3.63) is 54.1 Å². The zero-order valence-electron chi connectivity index (χ0n) is 9.14. The van der Waals surface area contributed by atoms with Crippen molar-refractivity contribution in [1.29, 1.82) is 0 Å². The molecule has 17 heavy (non-hydrogen) atoms. The second-order valence-corrected chi connectivity index (χ2v) is 3.84. The molecule has 0 aromatic heterocycles. The van der Waals surface area contributed by atoms with E-state index in [1.807, 2.05) is 42.5 Å². The van der Waals surface area contributed by atoms with E-state index in [2.05, 4.69) is 5.32 Å². The number of amides is 1. The number of ether oxygens (including phenoxy) is 1. The highest BCUT2D eigenvalue weighted by Gasteiger charge is 2.20. The van der Waals surface area contributed by atoms with Crippen molar-refractivity contribution in [2.75, 3.05) is 6.73 Å². The minimum Gasteiger partial charge on any atom is -0.472 e. The van der Waals surface area contributed by atoms with Gasteiger partial charge in [-0.1, -0.05) is 42.5 Å². The van der Waals surface area contributed by atoms with Crippen molar-refractivity contribution in [3.8, 4) is 16.9 Å². The minimum atomic E-state index is -0.0796. The van der Waals surface area contributed by atoms with Gasteiger partial charge in [0.05, 0.1) is 5.56 Å². The molecule has 0 atom stereocenters. The standard InChI is InChI=1S/C14H11NO2/c16-14-12-8-4-7-11(13(12)17-9-15-14)10-5-2-1-3-6-10/h1-8H,9H2,(H,15,16). The third kappa shape index (κ3) is 1.65. The Hall–Kier alpha value is -2.29. The summed E-state index contributed by atoms with van der Waals surface area (Å²) in [5, 5.41) is 2.66. The number of nitrogens with one attached hydrogen (secondary N) is 1. The molecule has 0 radical (unpaired) electrons. The number of carbonyl (C=O) groups is 1. The van der Waals surface area contributed by atoms with E-state index >= 15 is 0 Å². The molecule has 3 nitrogen and oxygen atoms in total. The van der Waals surface area contributed by atoms with Crippen LogP contribution in [0, 0.1) is 0 Å². The number of carbonyl (C=O) groups excluding carboxylic acids is 1. The zero-order chi connectivity index (χ0) is 11.7. The summed E-state index contributed by atoms with van der Waals surface area (Å²) in [4.78, 5) is 11.7. The van der Waals surface area contributed by atoms with E-state index in [1.54, 1.807) is 6.07 Å². The van der Waals surface area contributed by atoms with Gasteiger partial charge in [-0.2, -0.15) is 0 Å². The van der Waals surface area contributed by atoms with Gasteiger partial charge in [-0.25, -0.2) is 0 Å². The first-order chi connectivity index (χ1) is 8.36.